The Bertz CT molecular complexity index is 2040. The molecule has 4 atom stereocenters. The maximum Gasteiger partial charge on any atom is 0.425 e. The molecule has 7 rings (SSSR count). The van der Waals surface area contributed by atoms with E-state index < -0.39 is 18.2 Å². The lowest BCUT2D eigenvalue weighted by Gasteiger charge is -2.35. The molecule has 58 heavy (non-hydrogen) atoms. The van der Waals surface area contributed by atoms with E-state index in [2.05, 4.69) is 69.2 Å². The first-order chi connectivity index (χ1) is 28.1. The van der Waals surface area contributed by atoms with Crippen molar-refractivity contribution in [3.8, 4) is 33.6 Å². The third-order valence-corrected chi connectivity index (χ3v) is 11.8. The van der Waals surface area contributed by atoms with Gasteiger partial charge >= 0.3 is 12.2 Å². The van der Waals surface area contributed by atoms with Gasteiger partial charge in [-0.15, -0.1) is 0 Å². The fourth-order valence-corrected chi connectivity index (χ4v) is 8.63. The summed E-state index contributed by atoms with van der Waals surface area (Å²) in [5.41, 5.74) is 8.40. The molecule has 4 aromatic rings. The predicted octanol–water partition coefficient (Wildman–Crippen LogP) is 6.73. The van der Waals surface area contributed by atoms with Crippen LogP contribution in [-0.2, 0) is 23.8 Å². The number of alkyl carbamates (subject to hydrolysis) is 1. The Morgan fingerprint density at radius 3 is 1.93 bits per heavy atom. The topological polar surface area (TPSA) is 184 Å². The molecule has 15 heteroatoms. The maximum absolute atomic E-state index is 13.9. The van der Waals surface area contributed by atoms with Crippen LogP contribution in [0.4, 0.5) is 9.59 Å². The van der Waals surface area contributed by atoms with Gasteiger partial charge < -0.3 is 34.4 Å². The Kier molecular flexibility index (Phi) is 12.8. The van der Waals surface area contributed by atoms with Gasteiger partial charge in [-0.3, -0.25) is 9.59 Å². The molecule has 15 nitrogen and oxygen atoms in total. The van der Waals surface area contributed by atoms with Gasteiger partial charge in [-0.25, -0.2) is 30.0 Å². The highest BCUT2D eigenvalue weighted by Gasteiger charge is 2.41. The van der Waals surface area contributed by atoms with Crippen LogP contribution in [0.2, 0.25) is 0 Å². The van der Waals surface area contributed by atoms with E-state index in [4.69, 9.17) is 24.2 Å². The second-order valence-electron chi connectivity index (χ2n) is 15.7. The van der Waals surface area contributed by atoms with Crippen LogP contribution in [0.15, 0.2) is 60.9 Å². The third-order valence-electron chi connectivity index (χ3n) is 11.8. The molecule has 3 fully saturated rings. The van der Waals surface area contributed by atoms with Gasteiger partial charge in [0, 0.05) is 37.6 Å². The quantitative estimate of drug-likeness (QED) is 0.127. The van der Waals surface area contributed by atoms with E-state index in [9.17, 15) is 19.2 Å². The number of imidazole rings is 2. The first-order valence-electron chi connectivity index (χ1n) is 20.4. The van der Waals surface area contributed by atoms with Gasteiger partial charge in [0.25, 0.3) is 0 Å². The smallest absolute Gasteiger partial charge is 0.425 e. The highest BCUT2D eigenvalue weighted by molar-refractivity contribution is 5.86. The van der Waals surface area contributed by atoms with Crippen molar-refractivity contribution >= 4 is 24.0 Å². The Morgan fingerprint density at radius 2 is 1.33 bits per heavy atom. The summed E-state index contributed by atoms with van der Waals surface area (Å²) in [4.78, 5) is 70.2. The molecule has 0 bridgehead atoms. The lowest BCUT2D eigenvalue weighted by molar-refractivity contribution is -0.142. The maximum atomic E-state index is 13.9. The highest BCUT2D eigenvalue weighted by Crippen LogP contribution is 2.39. The van der Waals surface area contributed by atoms with Crippen molar-refractivity contribution in [1.29, 1.82) is 0 Å². The molecule has 4 amide bonds. The number of carbonyl (C=O) groups excluding carboxylic acids is 4. The minimum Gasteiger partial charge on any atom is -0.453 e. The van der Waals surface area contributed by atoms with Crippen molar-refractivity contribution in [2.24, 2.45) is 11.8 Å². The van der Waals surface area contributed by atoms with Crippen molar-refractivity contribution in [3.05, 3.63) is 72.6 Å². The number of methoxy groups -OCH3 is 2. The molecule has 0 spiro atoms. The number of H-pyrrole nitrogens is 2. The van der Waals surface area contributed by atoms with Crippen molar-refractivity contribution in [1.82, 2.24) is 40.6 Å². The molecular weight excluding hydrogens is 741 g/mol. The molecule has 1 saturated carbocycles. The van der Waals surface area contributed by atoms with E-state index in [1.165, 1.54) is 19.2 Å². The molecule has 3 aliphatic rings. The minimum absolute atomic E-state index is 0.0266. The molecule has 1 unspecified atom stereocenters. The summed E-state index contributed by atoms with van der Waals surface area (Å²) in [5.74, 6) is 0.817. The van der Waals surface area contributed by atoms with Gasteiger partial charge in [-0.05, 0) is 80.5 Å². The molecule has 1 aliphatic carbocycles. The van der Waals surface area contributed by atoms with Crippen LogP contribution < -0.4 is 10.7 Å². The number of hydrazine groups is 1. The normalized spacial score (nSPS) is 20.4. The Morgan fingerprint density at radius 1 is 0.759 bits per heavy atom. The first kappa shape index (κ1) is 40.5. The Labute approximate surface area is 338 Å². The molecule has 4 N–H and O–H groups in total. The fourth-order valence-electron chi connectivity index (χ4n) is 8.63. The monoisotopic (exact) mass is 794 g/mol. The highest BCUT2D eigenvalue weighted by atomic mass is 16.5. The van der Waals surface area contributed by atoms with Gasteiger partial charge in [0.2, 0.25) is 11.8 Å². The number of nitrogens with one attached hydrogen (secondary N) is 4. The molecule has 2 saturated heterocycles. The van der Waals surface area contributed by atoms with E-state index in [0.717, 1.165) is 83.8 Å². The summed E-state index contributed by atoms with van der Waals surface area (Å²) in [6.45, 7) is 5.43. The largest absolute Gasteiger partial charge is 0.453 e. The number of nitrogens with zero attached hydrogens (tertiary/aromatic N) is 4. The summed E-state index contributed by atoms with van der Waals surface area (Å²) in [5, 5.41) is 4.19. The van der Waals surface area contributed by atoms with Gasteiger partial charge in [0.05, 0.1) is 44.0 Å². The third kappa shape index (κ3) is 8.89. The number of rotatable bonds is 10. The second kappa shape index (κ2) is 18.3. The number of benzene rings is 2. The number of amides is 4. The zero-order valence-electron chi connectivity index (χ0n) is 33.7. The number of aromatic amines is 2. The summed E-state index contributed by atoms with van der Waals surface area (Å²) in [7, 11) is 2.59. The Balaban J connectivity index is 1.01. The van der Waals surface area contributed by atoms with Crippen LogP contribution in [0.5, 0.6) is 0 Å². The summed E-state index contributed by atoms with van der Waals surface area (Å²) in [6, 6.07) is 15.4. The number of carbonyl (C=O) groups is 4. The van der Waals surface area contributed by atoms with Crippen molar-refractivity contribution < 1.29 is 33.4 Å². The average molecular weight is 795 g/mol. The molecular formula is C43H54N8O7. The van der Waals surface area contributed by atoms with Crippen LogP contribution in [0.1, 0.15) is 88.8 Å². The van der Waals surface area contributed by atoms with Gasteiger partial charge in [-0.1, -0.05) is 61.4 Å². The first-order valence-corrected chi connectivity index (χ1v) is 20.4. The summed E-state index contributed by atoms with van der Waals surface area (Å²) in [6.07, 6.45) is 8.85. The van der Waals surface area contributed by atoms with Crippen molar-refractivity contribution in [2.75, 3.05) is 34.0 Å². The van der Waals surface area contributed by atoms with Crippen molar-refractivity contribution in [2.45, 2.75) is 89.3 Å². The van der Waals surface area contributed by atoms with Crippen LogP contribution in [0.25, 0.3) is 33.6 Å². The standard InChI is InChI=1S/C43H54N8O7/c1-26(2)51(49-43(55)57-4)40(52)33-9-6-5-8-32(33)38-44-24-34(46-38)29-15-11-27(12-16-29)28-13-17-30(18-14-28)35-25-45-39(47-35)36-10-7-21-50(36)41(53)37(48-42(54)56-3)31-19-22-58-23-20-31/h11-18,24-26,31-33,36-37H,5-10,19-23H2,1-4H3,(H,44,46)(H,45,47)(H,48,54)(H,49,55)/t32-,33-,36-,37?/m0/s1. The van der Waals surface area contributed by atoms with E-state index >= 15 is 0 Å². The zero-order chi connectivity index (χ0) is 40.8. The van der Waals surface area contributed by atoms with E-state index in [1.807, 2.05) is 31.1 Å². The van der Waals surface area contributed by atoms with Crippen LogP contribution >= 0.6 is 0 Å². The van der Waals surface area contributed by atoms with Crippen LogP contribution in [-0.4, -0.2) is 99.9 Å². The predicted molar refractivity (Wildman–Crippen MR) is 216 cm³/mol. The molecule has 308 valence electrons. The fraction of sp³-hybridized carbons (Fsp3) is 0.488. The number of hydrogen-bond donors (Lipinski definition) is 4. The lowest BCUT2D eigenvalue weighted by Crippen LogP contribution is -2.53. The number of aromatic nitrogens is 4. The Hall–Kier alpha value is -5.70. The molecule has 2 aromatic heterocycles. The van der Waals surface area contributed by atoms with Gasteiger partial charge in [0.1, 0.15) is 17.7 Å². The molecule has 2 aromatic carbocycles. The van der Waals surface area contributed by atoms with Crippen molar-refractivity contribution in [3.63, 3.8) is 0 Å². The molecule has 0 radical (unpaired) electrons. The molecule has 2 aliphatic heterocycles. The number of ether oxygens (including phenoxy) is 3. The molecule has 4 heterocycles. The summed E-state index contributed by atoms with van der Waals surface area (Å²) < 4.78 is 15.1. The van der Waals surface area contributed by atoms with E-state index in [1.54, 1.807) is 0 Å². The minimum atomic E-state index is -0.683. The number of likely N-dealkylation sites (tertiary alicyclic amines) is 1. The van der Waals surface area contributed by atoms with E-state index in [-0.39, 0.29) is 41.7 Å². The lowest BCUT2D eigenvalue weighted by atomic mass is 9.78. The van der Waals surface area contributed by atoms with E-state index in [0.29, 0.717) is 32.6 Å². The number of hydrogen-bond acceptors (Lipinski definition) is 9. The second-order valence-corrected chi connectivity index (χ2v) is 15.7. The van der Waals surface area contributed by atoms with Gasteiger partial charge in [0.15, 0.2) is 0 Å². The SMILES string of the molecule is COC(=O)NC(C(=O)N1CCC[C@H]1c1ncc(-c2ccc(-c3ccc(-c4cnc([C@H]5CCCC[C@@H]5C(=O)N(NC(=O)OC)C(C)C)[nH]4)cc3)cc2)[nH]1)C1CCOCC1. The summed E-state index contributed by atoms with van der Waals surface area (Å²) >= 11 is 0. The average Bonchev–Trinajstić information content (AvgIpc) is 4.07. The van der Waals surface area contributed by atoms with Crippen LogP contribution in [0, 0.1) is 11.8 Å². The van der Waals surface area contributed by atoms with Crippen LogP contribution in [0.3, 0.4) is 0 Å². The van der Waals surface area contributed by atoms with Gasteiger partial charge in [-0.2, -0.15) is 0 Å². The zero-order valence-corrected chi connectivity index (χ0v) is 33.7.